The molecule has 5 unspecified atom stereocenters. The number of aliphatic hydroxyl groups is 1. The molecule has 0 aliphatic carbocycles. The fourth-order valence-electron chi connectivity index (χ4n) is 3.86. The molecule has 2 N–H and O–H groups in total. The van der Waals surface area contributed by atoms with Crippen LogP contribution in [-0.4, -0.2) is 136 Å². The van der Waals surface area contributed by atoms with Crippen LogP contribution >= 0.6 is 0 Å². The first kappa shape index (κ1) is 48.7. The number of carbonyl (C=O) groups excluding carboxylic acids is 6. The second kappa shape index (κ2) is 26.5. The van der Waals surface area contributed by atoms with Crippen LogP contribution in [0.2, 0.25) is 0 Å². The van der Waals surface area contributed by atoms with E-state index in [1.165, 1.54) is 60.5 Å². The average Bonchev–Trinajstić information content (AvgIpc) is 3.10. The molecule has 5 atom stereocenters. The minimum Gasteiger partial charge on any atom is -0.462 e. The van der Waals surface area contributed by atoms with Crippen LogP contribution in [0.25, 0.3) is 0 Å². The molecule has 53 heavy (non-hydrogen) atoms. The molecule has 1 amide bonds. The van der Waals surface area contributed by atoms with E-state index in [4.69, 9.17) is 18.9 Å². The number of carbonyl (C=O) groups is 6. The summed E-state index contributed by atoms with van der Waals surface area (Å²) in [6, 6.07) is 8.97. The van der Waals surface area contributed by atoms with E-state index < -0.39 is 79.0 Å². The maximum Gasteiger partial charge on any atom is 0.407 e. The zero-order valence-electron chi connectivity index (χ0n) is 33.0. The number of rotatable bonds is 18. The topological polar surface area (TPSA) is 197 Å². The summed E-state index contributed by atoms with van der Waals surface area (Å²) >= 11 is 0. The van der Waals surface area contributed by atoms with Gasteiger partial charge in [0.05, 0.1) is 0 Å². The Morgan fingerprint density at radius 3 is 1.81 bits per heavy atom. The third-order valence-corrected chi connectivity index (χ3v) is 7.24. The first-order chi connectivity index (χ1) is 24.8. The smallest absolute Gasteiger partial charge is 0.407 e. The first-order valence-electron chi connectivity index (χ1n) is 17.7. The first-order valence-corrected chi connectivity index (χ1v) is 17.7. The fraction of sp³-hybridized carbons (Fsp3) is 0.676. The Labute approximate surface area is 313 Å². The van der Waals surface area contributed by atoms with Gasteiger partial charge in [0.2, 0.25) is 0 Å². The van der Waals surface area contributed by atoms with Gasteiger partial charge in [0.1, 0.15) is 31.3 Å². The summed E-state index contributed by atoms with van der Waals surface area (Å²) in [7, 11) is 8.48. The van der Waals surface area contributed by atoms with Crippen LogP contribution in [0.5, 0.6) is 0 Å². The molecule has 0 spiro atoms. The van der Waals surface area contributed by atoms with Crippen LogP contribution in [0.3, 0.4) is 0 Å². The van der Waals surface area contributed by atoms with E-state index in [0.717, 1.165) is 18.4 Å². The third-order valence-electron chi connectivity index (χ3n) is 7.24. The number of benzene rings is 1. The van der Waals surface area contributed by atoms with Crippen molar-refractivity contribution >= 4 is 35.9 Å². The van der Waals surface area contributed by atoms with Crippen LogP contribution in [0, 0.1) is 5.41 Å². The number of esters is 5. The molecular formula is C37H61N3O13. The maximum atomic E-state index is 12.8. The highest BCUT2D eigenvalue weighted by atomic mass is 16.6. The van der Waals surface area contributed by atoms with Gasteiger partial charge in [-0.15, -0.1) is 0 Å². The van der Waals surface area contributed by atoms with E-state index in [-0.39, 0.29) is 6.61 Å². The van der Waals surface area contributed by atoms with Gasteiger partial charge in [0, 0.05) is 6.54 Å². The Kier molecular flexibility index (Phi) is 24.3. The van der Waals surface area contributed by atoms with Crippen molar-refractivity contribution in [3.05, 3.63) is 35.9 Å². The Morgan fingerprint density at radius 1 is 0.830 bits per heavy atom. The van der Waals surface area contributed by atoms with Gasteiger partial charge in [-0.05, 0) is 101 Å². The molecular weight excluding hydrogens is 694 g/mol. The van der Waals surface area contributed by atoms with Crippen molar-refractivity contribution in [2.45, 2.75) is 98.2 Å². The molecule has 302 valence electrons. The summed E-state index contributed by atoms with van der Waals surface area (Å²) in [5.41, 5.74) is -0.761. The molecule has 0 saturated carbocycles. The van der Waals surface area contributed by atoms with Crippen molar-refractivity contribution in [1.82, 2.24) is 15.1 Å². The molecule has 0 bridgehead atoms. The fourth-order valence-corrected chi connectivity index (χ4v) is 3.86. The second-order valence-electron chi connectivity index (χ2n) is 13.3. The molecule has 1 aliphatic heterocycles. The molecule has 1 aliphatic rings. The van der Waals surface area contributed by atoms with Crippen LogP contribution in [0.4, 0.5) is 4.79 Å². The SMILES string of the molecule is CC1OC(=O)C(C)OC1=O.CCCCNC(=O)OCC(C)(COC(=O)C(C)OC(=O)C(C)O)C(=O)OCc1ccccc1.CN(C)CCCCN(C)C. The molecule has 1 saturated heterocycles. The van der Waals surface area contributed by atoms with E-state index in [1.54, 1.807) is 24.3 Å². The molecule has 16 nitrogen and oxygen atoms in total. The highest BCUT2D eigenvalue weighted by molar-refractivity contribution is 5.86. The molecule has 0 radical (unpaired) electrons. The van der Waals surface area contributed by atoms with Crippen LogP contribution < -0.4 is 5.32 Å². The van der Waals surface area contributed by atoms with Crippen LogP contribution in [0.15, 0.2) is 30.3 Å². The van der Waals surface area contributed by atoms with Crippen molar-refractivity contribution in [2.24, 2.45) is 5.41 Å². The molecule has 1 fully saturated rings. The predicted octanol–water partition coefficient (Wildman–Crippen LogP) is 2.87. The van der Waals surface area contributed by atoms with E-state index in [1.807, 2.05) is 13.0 Å². The Balaban J connectivity index is 0.00000109. The van der Waals surface area contributed by atoms with Gasteiger partial charge in [-0.2, -0.15) is 0 Å². The standard InChI is InChI=1S/C23H33NO9.C8H20N2.C6H8O4/c1-5-6-12-24-22(29)32-15-23(4,21(28)30-13-18-10-8-7-9-11-18)14-31-20(27)17(3)33-19(26)16(2)25;1-9(2)7-5-6-8-10(3)4;1-3-5(7)10-4(2)6(8)9-3/h7-11,16-17,25H,5-6,12-15H2,1-4H3,(H,24,29);5-8H2,1-4H3;3-4H,1-2H3. The maximum absolute atomic E-state index is 12.8. The monoisotopic (exact) mass is 755 g/mol. The molecule has 1 aromatic carbocycles. The summed E-state index contributed by atoms with van der Waals surface area (Å²) in [5, 5.41) is 11.8. The molecule has 1 aromatic rings. The van der Waals surface area contributed by atoms with Gasteiger partial charge >= 0.3 is 35.9 Å². The normalized spacial score (nSPS) is 17.2. The number of unbranched alkanes of at least 4 members (excludes halogenated alkanes) is 2. The second-order valence-corrected chi connectivity index (χ2v) is 13.3. The molecule has 1 heterocycles. The van der Waals surface area contributed by atoms with Crippen molar-refractivity contribution in [3.8, 4) is 0 Å². The number of hydrogen-bond acceptors (Lipinski definition) is 15. The van der Waals surface area contributed by atoms with Gasteiger partial charge in [0.25, 0.3) is 0 Å². The van der Waals surface area contributed by atoms with Crippen LogP contribution in [0.1, 0.15) is 72.8 Å². The molecule has 2 rings (SSSR count). The van der Waals surface area contributed by atoms with Crippen molar-refractivity contribution < 1.29 is 62.3 Å². The number of alkyl carbamates (subject to hydrolysis) is 1. The van der Waals surface area contributed by atoms with Gasteiger partial charge < -0.3 is 48.6 Å². The minimum atomic E-state index is -1.51. The quantitative estimate of drug-likeness (QED) is 0.126. The van der Waals surface area contributed by atoms with Gasteiger partial charge in [-0.3, -0.25) is 4.79 Å². The Bertz CT molecular complexity index is 1230. The number of ether oxygens (including phenoxy) is 6. The zero-order chi connectivity index (χ0) is 40.6. The third kappa shape index (κ3) is 22.4. The lowest BCUT2D eigenvalue weighted by atomic mass is 9.93. The van der Waals surface area contributed by atoms with E-state index in [2.05, 4.69) is 52.8 Å². The largest absolute Gasteiger partial charge is 0.462 e. The van der Waals surface area contributed by atoms with Gasteiger partial charge in [0.15, 0.2) is 18.3 Å². The van der Waals surface area contributed by atoms with Gasteiger partial charge in [-0.1, -0.05) is 43.7 Å². The van der Waals surface area contributed by atoms with E-state index >= 15 is 0 Å². The Hall–Kier alpha value is -4.28. The summed E-state index contributed by atoms with van der Waals surface area (Å²) in [6.45, 7) is 10.8. The number of nitrogens with zero attached hydrogens (tertiary/aromatic N) is 2. The number of aliphatic hydroxyl groups excluding tert-OH is 1. The van der Waals surface area contributed by atoms with Gasteiger partial charge in [-0.25, -0.2) is 24.0 Å². The highest BCUT2D eigenvalue weighted by Gasteiger charge is 2.39. The summed E-state index contributed by atoms with van der Waals surface area (Å²) in [5.74, 6) is -3.62. The number of nitrogens with one attached hydrogen (secondary N) is 1. The molecule has 16 heteroatoms. The highest BCUT2D eigenvalue weighted by Crippen LogP contribution is 2.22. The number of amides is 1. The lowest BCUT2D eigenvalue weighted by Gasteiger charge is -2.27. The van der Waals surface area contributed by atoms with E-state index in [9.17, 15) is 33.9 Å². The van der Waals surface area contributed by atoms with Crippen molar-refractivity contribution in [1.29, 1.82) is 0 Å². The Morgan fingerprint density at radius 2 is 1.34 bits per heavy atom. The number of hydrogen-bond donors (Lipinski definition) is 2. The van der Waals surface area contributed by atoms with E-state index in [0.29, 0.717) is 6.54 Å². The summed E-state index contributed by atoms with van der Waals surface area (Å²) < 4.78 is 29.6. The summed E-state index contributed by atoms with van der Waals surface area (Å²) in [6.07, 6.45) is -0.642. The minimum absolute atomic E-state index is 0.0195. The number of cyclic esters (lactones) is 2. The lowest BCUT2D eigenvalue weighted by Crippen LogP contribution is -2.42. The van der Waals surface area contributed by atoms with Crippen molar-refractivity contribution in [3.63, 3.8) is 0 Å². The predicted molar refractivity (Wildman–Crippen MR) is 194 cm³/mol. The van der Waals surface area contributed by atoms with Crippen molar-refractivity contribution in [2.75, 3.05) is 61.0 Å². The molecule has 0 aromatic heterocycles. The summed E-state index contributed by atoms with van der Waals surface area (Å²) in [4.78, 5) is 74.2. The van der Waals surface area contributed by atoms with Crippen LogP contribution in [-0.2, 0) is 59.0 Å². The zero-order valence-corrected chi connectivity index (χ0v) is 33.0. The average molecular weight is 756 g/mol. The lowest BCUT2D eigenvalue weighted by molar-refractivity contribution is -0.191.